The number of carbonyl (C=O) groups is 2. The van der Waals surface area contributed by atoms with Gasteiger partial charge in [0.1, 0.15) is 0 Å². The van der Waals surface area contributed by atoms with Gasteiger partial charge in [-0.05, 0) is 31.2 Å². The van der Waals surface area contributed by atoms with Gasteiger partial charge in [0.25, 0.3) is 0 Å². The Labute approximate surface area is 123 Å². The summed E-state index contributed by atoms with van der Waals surface area (Å²) < 4.78 is 0. The highest BCUT2D eigenvalue weighted by Crippen LogP contribution is 2.35. The van der Waals surface area contributed by atoms with E-state index in [-0.39, 0.29) is 17.6 Å². The Kier molecular flexibility index (Phi) is 3.53. The number of Topliss-reactive ketones (excluding diaryl/α,β-unsaturated/α-hetero) is 1. The Hall–Kier alpha value is -2.10. The highest BCUT2D eigenvalue weighted by Gasteiger charge is 2.34. The Morgan fingerprint density at radius 2 is 2.05 bits per heavy atom. The van der Waals surface area contributed by atoms with Crippen LogP contribution in [0.2, 0.25) is 0 Å². The van der Waals surface area contributed by atoms with E-state index in [1.807, 2.05) is 12.1 Å². The number of fused-ring (bicyclic) bond motifs is 1. The van der Waals surface area contributed by atoms with Gasteiger partial charge in [-0.15, -0.1) is 0 Å². The molecule has 2 aromatic rings. The summed E-state index contributed by atoms with van der Waals surface area (Å²) in [5, 5.41) is 10.0. The molecule has 1 aliphatic rings. The van der Waals surface area contributed by atoms with Gasteiger partial charge in [-0.1, -0.05) is 25.1 Å². The maximum Gasteiger partial charge on any atom is 0.306 e. The number of aromatic amines is 1. The third kappa shape index (κ3) is 2.35. The van der Waals surface area contributed by atoms with Crippen LogP contribution in [0.15, 0.2) is 24.4 Å². The molecule has 1 aromatic carbocycles. The molecule has 2 atom stereocenters. The first-order valence-electron chi connectivity index (χ1n) is 7.47. The lowest BCUT2D eigenvalue weighted by Gasteiger charge is -2.08. The maximum atomic E-state index is 12.7. The number of aromatic nitrogens is 1. The van der Waals surface area contributed by atoms with Gasteiger partial charge >= 0.3 is 5.97 Å². The number of H-pyrrole nitrogens is 1. The molecule has 21 heavy (non-hydrogen) atoms. The van der Waals surface area contributed by atoms with Crippen LogP contribution in [-0.4, -0.2) is 21.8 Å². The normalized spacial score (nSPS) is 21.8. The summed E-state index contributed by atoms with van der Waals surface area (Å²) in [4.78, 5) is 26.9. The van der Waals surface area contributed by atoms with E-state index < -0.39 is 5.97 Å². The number of nitrogens with one attached hydrogen (secondary N) is 1. The SMILES string of the molecule is CCc1cccc2c(C(=O)C3CCC(C(=O)O)C3)c[nH]c12. The van der Waals surface area contributed by atoms with Crippen molar-refractivity contribution in [2.45, 2.75) is 32.6 Å². The molecule has 0 radical (unpaired) electrons. The molecule has 1 heterocycles. The van der Waals surface area contributed by atoms with Crippen LogP contribution in [0, 0.1) is 11.8 Å². The summed E-state index contributed by atoms with van der Waals surface area (Å²) in [6.07, 6.45) is 4.44. The summed E-state index contributed by atoms with van der Waals surface area (Å²) in [6, 6.07) is 5.99. The molecular formula is C17H19NO3. The fraction of sp³-hybridized carbons (Fsp3) is 0.412. The van der Waals surface area contributed by atoms with Crippen LogP contribution in [0.25, 0.3) is 10.9 Å². The van der Waals surface area contributed by atoms with Crippen molar-refractivity contribution < 1.29 is 14.7 Å². The Morgan fingerprint density at radius 1 is 1.29 bits per heavy atom. The molecular weight excluding hydrogens is 266 g/mol. The number of para-hydroxylation sites is 1. The van der Waals surface area contributed by atoms with Crippen molar-refractivity contribution in [2.24, 2.45) is 11.8 Å². The molecule has 0 aliphatic heterocycles. The average Bonchev–Trinajstić information content (AvgIpc) is 3.13. The first kappa shape index (κ1) is 13.9. The first-order valence-corrected chi connectivity index (χ1v) is 7.47. The number of rotatable bonds is 4. The predicted octanol–water partition coefficient (Wildman–Crippen LogP) is 3.41. The largest absolute Gasteiger partial charge is 0.481 e. The van der Waals surface area contributed by atoms with Gasteiger partial charge < -0.3 is 10.1 Å². The number of aryl methyl sites for hydroxylation is 1. The monoisotopic (exact) mass is 285 g/mol. The summed E-state index contributed by atoms with van der Waals surface area (Å²) >= 11 is 0. The lowest BCUT2D eigenvalue weighted by molar-refractivity contribution is -0.141. The molecule has 2 unspecified atom stereocenters. The van der Waals surface area contributed by atoms with Crippen LogP contribution in [0.5, 0.6) is 0 Å². The summed E-state index contributed by atoms with van der Waals surface area (Å²) in [5.41, 5.74) is 2.92. The van der Waals surface area contributed by atoms with Crippen molar-refractivity contribution in [1.29, 1.82) is 0 Å². The van der Waals surface area contributed by atoms with Crippen molar-refractivity contribution in [3.05, 3.63) is 35.5 Å². The number of hydrogen-bond acceptors (Lipinski definition) is 2. The van der Waals surface area contributed by atoms with Gasteiger partial charge in [0.15, 0.2) is 5.78 Å². The second-order valence-electron chi connectivity index (χ2n) is 5.80. The van der Waals surface area contributed by atoms with Crippen molar-refractivity contribution in [3.63, 3.8) is 0 Å². The van der Waals surface area contributed by atoms with E-state index in [1.54, 1.807) is 6.20 Å². The highest BCUT2D eigenvalue weighted by atomic mass is 16.4. The second-order valence-corrected chi connectivity index (χ2v) is 5.80. The quantitative estimate of drug-likeness (QED) is 0.846. The zero-order valence-electron chi connectivity index (χ0n) is 12.1. The third-order valence-electron chi connectivity index (χ3n) is 4.60. The average molecular weight is 285 g/mol. The number of carboxylic acids is 1. The lowest BCUT2D eigenvalue weighted by atomic mass is 9.94. The Morgan fingerprint density at radius 3 is 2.71 bits per heavy atom. The van der Waals surface area contributed by atoms with Crippen LogP contribution in [0.3, 0.4) is 0 Å². The maximum absolute atomic E-state index is 12.7. The topological polar surface area (TPSA) is 70.2 Å². The van der Waals surface area contributed by atoms with Gasteiger partial charge in [-0.3, -0.25) is 9.59 Å². The Balaban J connectivity index is 1.91. The molecule has 1 aliphatic carbocycles. The van der Waals surface area contributed by atoms with Gasteiger partial charge in [0.2, 0.25) is 0 Å². The molecule has 4 nitrogen and oxygen atoms in total. The molecule has 1 aromatic heterocycles. The number of carbonyl (C=O) groups excluding carboxylic acids is 1. The van der Waals surface area contributed by atoms with Gasteiger partial charge in [0.05, 0.1) is 5.92 Å². The molecule has 0 spiro atoms. The molecule has 110 valence electrons. The number of carboxylic acid groups (broad SMARTS) is 1. The molecule has 1 fully saturated rings. The minimum Gasteiger partial charge on any atom is -0.481 e. The predicted molar refractivity (Wildman–Crippen MR) is 80.5 cm³/mol. The molecule has 0 saturated heterocycles. The number of ketones is 1. The zero-order chi connectivity index (χ0) is 15.0. The van der Waals surface area contributed by atoms with E-state index in [2.05, 4.69) is 18.0 Å². The van der Waals surface area contributed by atoms with Crippen LogP contribution in [0.4, 0.5) is 0 Å². The molecule has 0 amide bonds. The molecule has 0 bridgehead atoms. The first-order chi connectivity index (χ1) is 10.1. The van der Waals surface area contributed by atoms with E-state index in [0.717, 1.165) is 17.3 Å². The van der Waals surface area contributed by atoms with E-state index in [9.17, 15) is 9.59 Å². The van der Waals surface area contributed by atoms with E-state index in [1.165, 1.54) is 5.56 Å². The molecule has 1 saturated carbocycles. The van der Waals surface area contributed by atoms with Gasteiger partial charge in [-0.25, -0.2) is 0 Å². The lowest BCUT2D eigenvalue weighted by Crippen LogP contribution is -2.14. The van der Waals surface area contributed by atoms with E-state index >= 15 is 0 Å². The fourth-order valence-corrected chi connectivity index (χ4v) is 3.38. The van der Waals surface area contributed by atoms with Crippen molar-refractivity contribution >= 4 is 22.7 Å². The van der Waals surface area contributed by atoms with Gasteiger partial charge in [0, 0.05) is 28.6 Å². The van der Waals surface area contributed by atoms with Crippen molar-refractivity contribution in [1.82, 2.24) is 4.98 Å². The number of aliphatic carboxylic acids is 1. The second kappa shape index (κ2) is 5.35. The van der Waals surface area contributed by atoms with Gasteiger partial charge in [-0.2, -0.15) is 0 Å². The van der Waals surface area contributed by atoms with Crippen molar-refractivity contribution in [2.75, 3.05) is 0 Å². The van der Waals surface area contributed by atoms with Crippen molar-refractivity contribution in [3.8, 4) is 0 Å². The molecule has 3 rings (SSSR count). The van der Waals surface area contributed by atoms with Crippen LogP contribution < -0.4 is 0 Å². The van der Waals surface area contributed by atoms with Crippen LogP contribution in [-0.2, 0) is 11.2 Å². The Bertz CT molecular complexity index is 701. The number of hydrogen-bond donors (Lipinski definition) is 2. The van der Waals surface area contributed by atoms with E-state index in [0.29, 0.717) is 24.8 Å². The van der Waals surface area contributed by atoms with Crippen LogP contribution >= 0.6 is 0 Å². The fourth-order valence-electron chi connectivity index (χ4n) is 3.38. The summed E-state index contributed by atoms with van der Waals surface area (Å²) in [5.74, 6) is -1.22. The van der Waals surface area contributed by atoms with Crippen LogP contribution in [0.1, 0.15) is 42.1 Å². The molecule has 2 N–H and O–H groups in total. The summed E-state index contributed by atoms with van der Waals surface area (Å²) in [6.45, 7) is 2.09. The smallest absolute Gasteiger partial charge is 0.306 e. The standard InChI is InChI=1S/C17H19NO3/c1-2-10-4-3-5-13-14(9-18-15(10)13)16(19)11-6-7-12(8-11)17(20)21/h3-5,9,11-12,18H,2,6-8H2,1H3,(H,20,21). The zero-order valence-corrected chi connectivity index (χ0v) is 12.1. The molecule has 4 heteroatoms. The minimum atomic E-state index is -0.780. The van der Waals surface area contributed by atoms with E-state index in [4.69, 9.17) is 5.11 Å². The summed E-state index contributed by atoms with van der Waals surface area (Å²) in [7, 11) is 0. The minimum absolute atomic E-state index is 0.0817. The third-order valence-corrected chi connectivity index (χ3v) is 4.60. The highest BCUT2D eigenvalue weighted by molar-refractivity contribution is 6.09. The number of benzene rings is 1.